The molecule has 0 aliphatic carbocycles. The molecule has 0 saturated heterocycles. The Hall–Kier alpha value is -1.29. The van der Waals surface area contributed by atoms with Gasteiger partial charge < -0.3 is 10.1 Å². The molecule has 0 aliphatic rings. The first kappa shape index (κ1) is 13.8. The van der Waals surface area contributed by atoms with Gasteiger partial charge in [0.15, 0.2) is 6.61 Å². The van der Waals surface area contributed by atoms with Crippen LogP contribution < -0.4 is 10.1 Å². The van der Waals surface area contributed by atoms with Gasteiger partial charge in [0.25, 0.3) is 5.91 Å². The lowest BCUT2D eigenvalue weighted by Gasteiger charge is -2.11. The van der Waals surface area contributed by atoms with Crippen molar-refractivity contribution in [1.82, 2.24) is 5.32 Å². The molecule has 0 fully saturated rings. The summed E-state index contributed by atoms with van der Waals surface area (Å²) >= 11 is 2.18. The second kappa shape index (κ2) is 7.12. The van der Waals surface area contributed by atoms with Crippen LogP contribution >= 0.6 is 22.6 Å². The monoisotopic (exact) mass is 344 g/mol. The first-order valence-corrected chi connectivity index (χ1v) is 6.24. The number of rotatable bonds is 5. The quantitative estimate of drug-likeness (QED) is 0.832. The number of nitriles is 1. The van der Waals surface area contributed by atoms with Gasteiger partial charge in [-0.2, -0.15) is 5.26 Å². The van der Waals surface area contributed by atoms with Crippen molar-refractivity contribution < 1.29 is 9.53 Å². The molecule has 1 amide bonds. The van der Waals surface area contributed by atoms with E-state index in [4.69, 9.17) is 10.00 Å². The first-order chi connectivity index (χ1) is 8.11. The maximum atomic E-state index is 11.4. The molecule has 5 heteroatoms. The molecule has 1 aromatic carbocycles. The molecule has 0 aliphatic heterocycles. The van der Waals surface area contributed by atoms with Crippen molar-refractivity contribution >= 4 is 28.5 Å². The lowest BCUT2D eigenvalue weighted by Crippen LogP contribution is -2.35. The van der Waals surface area contributed by atoms with Gasteiger partial charge in [0.05, 0.1) is 12.5 Å². The van der Waals surface area contributed by atoms with Crippen molar-refractivity contribution in [2.45, 2.75) is 19.4 Å². The fourth-order valence-electron chi connectivity index (χ4n) is 1.21. The summed E-state index contributed by atoms with van der Waals surface area (Å²) in [5.74, 6) is 0.451. The summed E-state index contributed by atoms with van der Waals surface area (Å²) in [6.07, 6.45) is 0.301. The van der Waals surface area contributed by atoms with Crippen LogP contribution in [0.25, 0.3) is 0 Å². The van der Waals surface area contributed by atoms with Crippen molar-refractivity contribution in [3.05, 3.63) is 27.8 Å². The summed E-state index contributed by atoms with van der Waals surface area (Å²) in [5, 5.41) is 11.1. The van der Waals surface area contributed by atoms with E-state index in [1.54, 1.807) is 13.0 Å². The minimum Gasteiger partial charge on any atom is -0.484 e. The van der Waals surface area contributed by atoms with Gasteiger partial charge in [-0.25, -0.2) is 0 Å². The van der Waals surface area contributed by atoms with Crippen LogP contribution in [-0.2, 0) is 4.79 Å². The van der Waals surface area contributed by atoms with Gasteiger partial charge in [-0.15, -0.1) is 0 Å². The van der Waals surface area contributed by atoms with Crippen molar-refractivity contribution in [2.75, 3.05) is 6.61 Å². The van der Waals surface area contributed by atoms with Crippen molar-refractivity contribution in [3.8, 4) is 11.8 Å². The Bertz CT molecular complexity index is 429. The molecule has 0 heterocycles. The second-order valence-corrected chi connectivity index (χ2v) is 4.82. The Morgan fingerprint density at radius 1 is 1.65 bits per heavy atom. The zero-order valence-electron chi connectivity index (χ0n) is 9.44. The molecule has 1 atom stereocenters. The number of ether oxygens (including phenoxy) is 1. The van der Waals surface area contributed by atoms with Crippen LogP contribution in [0.15, 0.2) is 24.3 Å². The largest absolute Gasteiger partial charge is 0.484 e. The zero-order valence-corrected chi connectivity index (χ0v) is 11.6. The molecule has 0 unspecified atom stereocenters. The van der Waals surface area contributed by atoms with Gasteiger partial charge in [0.2, 0.25) is 0 Å². The van der Waals surface area contributed by atoms with Gasteiger partial charge in [0, 0.05) is 9.61 Å². The van der Waals surface area contributed by atoms with Gasteiger partial charge in [-0.05, 0) is 47.7 Å². The molecule has 0 saturated carbocycles. The van der Waals surface area contributed by atoms with E-state index in [1.807, 2.05) is 24.3 Å². The number of amides is 1. The number of hydrogen-bond acceptors (Lipinski definition) is 3. The van der Waals surface area contributed by atoms with E-state index >= 15 is 0 Å². The third kappa shape index (κ3) is 5.54. The van der Waals surface area contributed by atoms with Gasteiger partial charge in [-0.1, -0.05) is 6.07 Å². The van der Waals surface area contributed by atoms with Crippen LogP contribution in [0.4, 0.5) is 0 Å². The van der Waals surface area contributed by atoms with E-state index in [0.29, 0.717) is 12.2 Å². The number of carbonyl (C=O) groups excluding carboxylic acids is 1. The Labute approximate surface area is 114 Å². The first-order valence-electron chi connectivity index (χ1n) is 5.16. The predicted octanol–water partition coefficient (Wildman–Crippen LogP) is 2.09. The molecule has 4 nitrogen and oxygen atoms in total. The van der Waals surface area contributed by atoms with Crippen LogP contribution in [0.2, 0.25) is 0 Å². The number of carbonyl (C=O) groups is 1. The lowest BCUT2D eigenvalue weighted by atomic mass is 10.2. The molecule has 0 bridgehead atoms. The number of nitrogens with zero attached hydrogens (tertiary/aromatic N) is 1. The van der Waals surface area contributed by atoms with E-state index in [1.165, 1.54) is 0 Å². The molecule has 1 aromatic rings. The SMILES string of the molecule is C[C@H](CC#N)NC(=O)COc1cccc(I)c1. The topological polar surface area (TPSA) is 62.1 Å². The van der Waals surface area contributed by atoms with Crippen LogP contribution in [0.1, 0.15) is 13.3 Å². The van der Waals surface area contributed by atoms with E-state index in [-0.39, 0.29) is 18.6 Å². The fourth-order valence-corrected chi connectivity index (χ4v) is 1.72. The fraction of sp³-hybridized carbons (Fsp3) is 0.333. The van der Waals surface area contributed by atoms with Crippen molar-refractivity contribution in [1.29, 1.82) is 5.26 Å². The molecular formula is C12H13IN2O2. The van der Waals surface area contributed by atoms with Crippen LogP contribution in [0, 0.1) is 14.9 Å². The van der Waals surface area contributed by atoms with E-state index in [0.717, 1.165) is 3.57 Å². The normalized spacial score (nSPS) is 11.4. The second-order valence-electron chi connectivity index (χ2n) is 3.58. The lowest BCUT2D eigenvalue weighted by molar-refractivity contribution is -0.123. The van der Waals surface area contributed by atoms with Crippen molar-refractivity contribution in [3.63, 3.8) is 0 Å². The summed E-state index contributed by atoms with van der Waals surface area (Å²) in [5.41, 5.74) is 0. The van der Waals surface area contributed by atoms with Gasteiger partial charge in [0.1, 0.15) is 5.75 Å². The number of nitrogens with one attached hydrogen (secondary N) is 1. The number of benzene rings is 1. The average molecular weight is 344 g/mol. The summed E-state index contributed by atoms with van der Waals surface area (Å²) in [7, 11) is 0. The minimum atomic E-state index is -0.216. The van der Waals surface area contributed by atoms with Crippen LogP contribution in [-0.4, -0.2) is 18.6 Å². The Balaban J connectivity index is 2.36. The molecule has 0 spiro atoms. The minimum absolute atomic E-state index is 0.0319. The predicted molar refractivity (Wildman–Crippen MR) is 72.5 cm³/mol. The molecule has 17 heavy (non-hydrogen) atoms. The highest BCUT2D eigenvalue weighted by Gasteiger charge is 2.07. The third-order valence-corrected chi connectivity index (χ3v) is 2.64. The molecule has 1 rings (SSSR count). The number of hydrogen-bond donors (Lipinski definition) is 1. The van der Waals surface area contributed by atoms with Gasteiger partial charge >= 0.3 is 0 Å². The maximum Gasteiger partial charge on any atom is 0.258 e. The van der Waals surface area contributed by atoms with E-state index in [9.17, 15) is 4.79 Å². The summed E-state index contributed by atoms with van der Waals surface area (Å²) < 4.78 is 6.38. The molecule has 0 radical (unpaired) electrons. The van der Waals surface area contributed by atoms with E-state index in [2.05, 4.69) is 27.9 Å². The molecule has 0 aromatic heterocycles. The third-order valence-electron chi connectivity index (χ3n) is 1.97. The Morgan fingerprint density at radius 2 is 2.41 bits per heavy atom. The standard InChI is InChI=1S/C12H13IN2O2/c1-9(5-6-14)15-12(16)8-17-11-4-2-3-10(13)7-11/h2-4,7,9H,5,8H2,1H3,(H,15,16)/t9-/m1/s1. The summed E-state index contributed by atoms with van der Waals surface area (Å²) in [6.45, 7) is 1.75. The Morgan fingerprint density at radius 3 is 3.06 bits per heavy atom. The summed E-state index contributed by atoms with van der Waals surface area (Å²) in [6, 6.07) is 9.32. The highest BCUT2D eigenvalue weighted by atomic mass is 127. The molecular weight excluding hydrogens is 331 g/mol. The highest BCUT2D eigenvalue weighted by molar-refractivity contribution is 14.1. The van der Waals surface area contributed by atoms with Gasteiger partial charge in [-0.3, -0.25) is 4.79 Å². The smallest absolute Gasteiger partial charge is 0.258 e. The maximum absolute atomic E-state index is 11.4. The highest BCUT2D eigenvalue weighted by Crippen LogP contribution is 2.14. The molecule has 1 N–H and O–H groups in total. The average Bonchev–Trinajstić information content (AvgIpc) is 2.27. The number of halogens is 1. The van der Waals surface area contributed by atoms with Crippen LogP contribution in [0.3, 0.4) is 0 Å². The Kier molecular flexibility index (Phi) is 5.77. The van der Waals surface area contributed by atoms with Crippen LogP contribution in [0.5, 0.6) is 5.75 Å². The zero-order chi connectivity index (χ0) is 12.7. The molecule has 90 valence electrons. The van der Waals surface area contributed by atoms with E-state index < -0.39 is 0 Å². The van der Waals surface area contributed by atoms with Crippen molar-refractivity contribution in [2.24, 2.45) is 0 Å². The summed E-state index contributed by atoms with van der Waals surface area (Å²) in [4.78, 5) is 11.4.